The molecule has 3 aromatic rings. The minimum Gasteiger partial charge on any atom is -0.343 e. The van der Waals surface area contributed by atoms with Gasteiger partial charge in [-0.2, -0.15) is 0 Å². The van der Waals surface area contributed by atoms with Crippen LogP contribution >= 0.6 is 11.3 Å². The largest absolute Gasteiger partial charge is 0.343 e. The van der Waals surface area contributed by atoms with E-state index in [1.807, 2.05) is 40.2 Å². The summed E-state index contributed by atoms with van der Waals surface area (Å²) in [4.78, 5) is 31.7. The lowest BCUT2D eigenvalue weighted by Crippen LogP contribution is -2.24. The van der Waals surface area contributed by atoms with Gasteiger partial charge in [-0.05, 0) is 25.0 Å². The molecule has 2 amide bonds. The van der Waals surface area contributed by atoms with E-state index >= 15 is 0 Å². The van der Waals surface area contributed by atoms with Crippen LogP contribution in [0, 0.1) is 5.92 Å². The Hall–Kier alpha value is -2.67. The summed E-state index contributed by atoms with van der Waals surface area (Å²) in [5.74, 6) is 0.221. The highest BCUT2D eigenvalue weighted by Gasteiger charge is 2.21. The first-order chi connectivity index (χ1) is 13.5. The van der Waals surface area contributed by atoms with Gasteiger partial charge < -0.3 is 10.2 Å². The van der Waals surface area contributed by atoms with Crippen LogP contribution in [-0.4, -0.2) is 40.2 Å². The van der Waals surface area contributed by atoms with Gasteiger partial charge in [0.25, 0.3) is 5.91 Å². The molecule has 0 spiro atoms. The molecule has 7 heteroatoms. The molecule has 4 rings (SSSR count). The van der Waals surface area contributed by atoms with Gasteiger partial charge in [0.1, 0.15) is 5.69 Å². The van der Waals surface area contributed by atoms with Crippen LogP contribution in [-0.2, 0) is 4.79 Å². The zero-order chi connectivity index (χ0) is 19.7. The monoisotopic (exact) mass is 396 g/mol. The number of anilines is 1. The Labute approximate surface area is 168 Å². The van der Waals surface area contributed by atoms with Crippen LogP contribution in [0.1, 0.15) is 42.6 Å². The lowest BCUT2D eigenvalue weighted by molar-refractivity contribution is -0.120. The Morgan fingerprint density at radius 1 is 1.14 bits per heavy atom. The van der Waals surface area contributed by atoms with Crippen molar-refractivity contribution >= 4 is 33.8 Å². The number of nitrogens with one attached hydrogen (secondary N) is 1. The van der Waals surface area contributed by atoms with Gasteiger partial charge in [0.05, 0.1) is 5.69 Å². The fourth-order valence-corrected chi connectivity index (χ4v) is 4.49. The molecular formula is C21H24N4O2S. The maximum Gasteiger partial charge on any atom is 0.271 e. The SMILES string of the molecule is CN(C)C(=O)c1csc2nc(-c3ccc(NC(=O)C4CCCCC4)cc3)cn12. The van der Waals surface area contributed by atoms with Gasteiger partial charge in [-0.1, -0.05) is 31.4 Å². The first kappa shape index (κ1) is 18.7. The molecule has 1 aliphatic rings. The third kappa shape index (κ3) is 3.67. The molecule has 0 radical (unpaired) electrons. The fourth-order valence-electron chi connectivity index (χ4n) is 3.64. The smallest absolute Gasteiger partial charge is 0.271 e. The second-order valence-electron chi connectivity index (χ2n) is 7.50. The normalized spacial score (nSPS) is 14.9. The van der Waals surface area contributed by atoms with Crippen LogP contribution in [0.3, 0.4) is 0 Å². The maximum atomic E-state index is 12.4. The summed E-state index contributed by atoms with van der Waals surface area (Å²) in [6.07, 6.45) is 7.40. The molecule has 1 saturated carbocycles. The Kier molecular flexibility index (Phi) is 5.17. The van der Waals surface area contributed by atoms with E-state index in [0.717, 1.165) is 47.6 Å². The molecule has 28 heavy (non-hydrogen) atoms. The van der Waals surface area contributed by atoms with E-state index in [-0.39, 0.29) is 17.7 Å². The highest BCUT2D eigenvalue weighted by atomic mass is 32.1. The summed E-state index contributed by atoms with van der Waals surface area (Å²) in [7, 11) is 3.48. The van der Waals surface area contributed by atoms with Crippen LogP contribution in [0.4, 0.5) is 5.69 Å². The second kappa shape index (κ2) is 7.75. The van der Waals surface area contributed by atoms with E-state index < -0.39 is 0 Å². The van der Waals surface area contributed by atoms with Crippen molar-refractivity contribution in [2.45, 2.75) is 32.1 Å². The molecular weight excluding hydrogens is 372 g/mol. The van der Waals surface area contributed by atoms with Crippen LogP contribution in [0.2, 0.25) is 0 Å². The quantitative estimate of drug-likeness (QED) is 0.716. The number of thiazole rings is 1. The van der Waals surface area contributed by atoms with Gasteiger partial charge in [-0.3, -0.25) is 14.0 Å². The van der Waals surface area contributed by atoms with E-state index in [4.69, 9.17) is 0 Å². The van der Waals surface area contributed by atoms with Crippen LogP contribution in [0.25, 0.3) is 16.2 Å². The van der Waals surface area contributed by atoms with Crippen molar-refractivity contribution in [3.63, 3.8) is 0 Å². The van der Waals surface area contributed by atoms with Gasteiger partial charge in [0.2, 0.25) is 5.91 Å². The number of hydrogen-bond donors (Lipinski definition) is 1. The first-order valence-electron chi connectivity index (χ1n) is 9.62. The predicted octanol–water partition coefficient (Wildman–Crippen LogP) is 4.28. The first-order valence-corrected chi connectivity index (χ1v) is 10.5. The summed E-state index contributed by atoms with van der Waals surface area (Å²) in [6, 6.07) is 7.73. The van der Waals surface area contributed by atoms with E-state index in [1.54, 1.807) is 19.0 Å². The number of carbonyl (C=O) groups is 2. The molecule has 1 aromatic carbocycles. The minimum atomic E-state index is -0.0454. The topological polar surface area (TPSA) is 66.7 Å². The molecule has 2 heterocycles. The molecule has 1 aliphatic carbocycles. The van der Waals surface area contributed by atoms with Crippen molar-refractivity contribution in [2.75, 3.05) is 19.4 Å². The highest BCUT2D eigenvalue weighted by molar-refractivity contribution is 7.15. The fraction of sp³-hybridized carbons (Fsp3) is 0.381. The number of amides is 2. The second-order valence-corrected chi connectivity index (χ2v) is 8.34. The molecule has 1 fully saturated rings. The minimum absolute atomic E-state index is 0.0454. The Morgan fingerprint density at radius 2 is 1.86 bits per heavy atom. The molecule has 0 bridgehead atoms. The van der Waals surface area contributed by atoms with Crippen molar-refractivity contribution in [3.05, 3.63) is 41.5 Å². The number of imidazole rings is 1. The molecule has 146 valence electrons. The van der Waals surface area contributed by atoms with E-state index in [2.05, 4.69) is 10.3 Å². The van der Waals surface area contributed by atoms with Crippen molar-refractivity contribution < 1.29 is 9.59 Å². The summed E-state index contributed by atoms with van der Waals surface area (Å²) >= 11 is 1.45. The molecule has 6 nitrogen and oxygen atoms in total. The Bertz CT molecular complexity index is 997. The third-order valence-corrected chi connectivity index (χ3v) is 6.10. The van der Waals surface area contributed by atoms with Gasteiger partial charge in [-0.15, -0.1) is 11.3 Å². The Balaban J connectivity index is 1.50. The number of fused-ring (bicyclic) bond motifs is 1. The van der Waals surface area contributed by atoms with Crippen molar-refractivity contribution in [3.8, 4) is 11.3 Å². The lowest BCUT2D eigenvalue weighted by Gasteiger charge is -2.20. The highest BCUT2D eigenvalue weighted by Crippen LogP contribution is 2.27. The van der Waals surface area contributed by atoms with Crippen LogP contribution < -0.4 is 5.32 Å². The zero-order valence-corrected chi connectivity index (χ0v) is 17.0. The van der Waals surface area contributed by atoms with Crippen molar-refractivity contribution in [2.24, 2.45) is 5.92 Å². The Morgan fingerprint density at radius 3 is 2.54 bits per heavy atom. The summed E-state index contributed by atoms with van der Waals surface area (Å²) in [6.45, 7) is 0. The van der Waals surface area contributed by atoms with Gasteiger partial charge >= 0.3 is 0 Å². The summed E-state index contributed by atoms with van der Waals surface area (Å²) in [5.41, 5.74) is 3.18. The van der Waals surface area contributed by atoms with Crippen LogP contribution in [0.15, 0.2) is 35.8 Å². The molecule has 0 saturated heterocycles. The van der Waals surface area contributed by atoms with Crippen LogP contribution in [0.5, 0.6) is 0 Å². The van der Waals surface area contributed by atoms with Gasteiger partial charge in [0.15, 0.2) is 4.96 Å². The number of hydrogen-bond acceptors (Lipinski definition) is 4. The molecule has 2 aromatic heterocycles. The molecule has 0 unspecified atom stereocenters. The van der Waals surface area contributed by atoms with E-state index in [0.29, 0.717) is 5.69 Å². The number of nitrogens with zero attached hydrogens (tertiary/aromatic N) is 3. The lowest BCUT2D eigenvalue weighted by atomic mass is 9.88. The van der Waals surface area contributed by atoms with E-state index in [9.17, 15) is 9.59 Å². The standard InChI is InChI=1S/C21H24N4O2S/c1-24(2)20(27)18-13-28-21-23-17(12-25(18)21)14-8-10-16(11-9-14)22-19(26)15-6-4-3-5-7-15/h8-13,15H,3-7H2,1-2H3,(H,22,26). The maximum absolute atomic E-state index is 12.4. The summed E-state index contributed by atoms with van der Waals surface area (Å²) < 4.78 is 1.83. The molecule has 0 atom stereocenters. The zero-order valence-electron chi connectivity index (χ0n) is 16.1. The predicted molar refractivity (Wildman–Crippen MR) is 112 cm³/mol. The average Bonchev–Trinajstić information content (AvgIpc) is 3.29. The summed E-state index contributed by atoms with van der Waals surface area (Å²) in [5, 5.41) is 4.87. The van der Waals surface area contributed by atoms with Crippen molar-refractivity contribution in [1.29, 1.82) is 0 Å². The average molecular weight is 397 g/mol. The molecule has 1 N–H and O–H groups in total. The van der Waals surface area contributed by atoms with Gasteiger partial charge in [-0.25, -0.2) is 4.98 Å². The number of carbonyl (C=O) groups excluding carboxylic acids is 2. The number of rotatable bonds is 4. The number of aromatic nitrogens is 2. The van der Waals surface area contributed by atoms with E-state index in [1.165, 1.54) is 17.8 Å². The number of benzene rings is 1. The van der Waals surface area contributed by atoms with Crippen molar-refractivity contribution in [1.82, 2.24) is 14.3 Å². The molecule has 0 aliphatic heterocycles. The third-order valence-electron chi connectivity index (χ3n) is 5.26. The van der Waals surface area contributed by atoms with Gasteiger partial charge in [0, 0.05) is 42.8 Å².